The van der Waals surface area contributed by atoms with Crippen LogP contribution in [0.3, 0.4) is 0 Å². The zero-order valence-corrected chi connectivity index (χ0v) is 18.0. The van der Waals surface area contributed by atoms with E-state index in [0.29, 0.717) is 17.1 Å². The van der Waals surface area contributed by atoms with Crippen LogP contribution in [0.1, 0.15) is 24.1 Å². The number of thioether (sulfide) groups is 1. The predicted octanol–water partition coefficient (Wildman–Crippen LogP) is 4.29. The summed E-state index contributed by atoms with van der Waals surface area (Å²) in [5.41, 5.74) is 2.66. The molecule has 2 aromatic heterocycles. The summed E-state index contributed by atoms with van der Waals surface area (Å²) in [6.45, 7) is 1.79. The van der Waals surface area contributed by atoms with Gasteiger partial charge in [-0.25, -0.2) is 0 Å². The third-order valence-corrected chi connectivity index (χ3v) is 6.88. The Morgan fingerprint density at radius 2 is 2.10 bits per heavy atom. The number of hydrogen-bond donors (Lipinski definition) is 1. The molecule has 1 amide bonds. The molecule has 3 aromatic rings. The van der Waals surface area contributed by atoms with Crippen LogP contribution < -0.4 is 10.2 Å². The number of hydrogen-bond acceptors (Lipinski definition) is 7. The van der Waals surface area contributed by atoms with Crippen molar-refractivity contribution in [1.29, 1.82) is 5.26 Å². The molecule has 1 fully saturated rings. The van der Waals surface area contributed by atoms with E-state index < -0.39 is 0 Å². The number of nitriles is 1. The molecule has 1 aromatic carbocycles. The van der Waals surface area contributed by atoms with Gasteiger partial charge in [0.05, 0.1) is 28.0 Å². The highest BCUT2D eigenvalue weighted by Gasteiger charge is 2.21. The Morgan fingerprint density at radius 1 is 1.30 bits per heavy atom. The van der Waals surface area contributed by atoms with E-state index in [4.69, 9.17) is 9.78 Å². The topological polar surface area (TPSA) is 82.2 Å². The van der Waals surface area contributed by atoms with Gasteiger partial charge in [0.25, 0.3) is 0 Å². The van der Waals surface area contributed by atoms with E-state index in [1.165, 1.54) is 0 Å². The van der Waals surface area contributed by atoms with Crippen LogP contribution in [0.15, 0.2) is 52.4 Å². The van der Waals surface area contributed by atoms with Gasteiger partial charge in [-0.2, -0.15) is 5.26 Å². The molecule has 8 heteroatoms. The number of piperidine rings is 1. The summed E-state index contributed by atoms with van der Waals surface area (Å²) in [5, 5.41) is 18.2. The first-order valence-electron chi connectivity index (χ1n) is 9.83. The normalized spacial score (nSPS) is 14.4. The Kier molecular flexibility index (Phi) is 6.72. The Balaban J connectivity index is 1.17. The monoisotopic (exact) mass is 438 g/mol. The molecule has 1 aliphatic heterocycles. The molecular formula is C22H22N4O2S2. The summed E-state index contributed by atoms with van der Waals surface area (Å²) < 4.78 is 5.37. The molecule has 1 N–H and O–H groups in total. The van der Waals surface area contributed by atoms with Crippen LogP contribution in [-0.4, -0.2) is 35.9 Å². The zero-order chi connectivity index (χ0) is 20.8. The molecule has 0 bridgehead atoms. The van der Waals surface area contributed by atoms with E-state index in [9.17, 15) is 4.79 Å². The van der Waals surface area contributed by atoms with Gasteiger partial charge < -0.3 is 14.7 Å². The second-order valence-electron chi connectivity index (χ2n) is 7.14. The zero-order valence-electron chi connectivity index (χ0n) is 16.4. The van der Waals surface area contributed by atoms with Gasteiger partial charge in [-0.1, -0.05) is 11.2 Å². The summed E-state index contributed by atoms with van der Waals surface area (Å²) in [7, 11) is 0. The van der Waals surface area contributed by atoms with Crippen molar-refractivity contribution in [3.8, 4) is 16.7 Å². The highest BCUT2D eigenvalue weighted by Crippen LogP contribution is 2.26. The molecule has 30 heavy (non-hydrogen) atoms. The first-order valence-corrected chi connectivity index (χ1v) is 11.9. The number of anilines is 1. The van der Waals surface area contributed by atoms with Crippen molar-refractivity contribution in [3.05, 3.63) is 59.1 Å². The second kappa shape index (κ2) is 9.83. The van der Waals surface area contributed by atoms with Gasteiger partial charge in [0.1, 0.15) is 0 Å². The minimum Gasteiger partial charge on any atom is -0.371 e. The van der Waals surface area contributed by atoms with Crippen molar-refractivity contribution < 1.29 is 9.32 Å². The third kappa shape index (κ3) is 5.23. The van der Waals surface area contributed by atoms with Gasteiger partial charge in [0, 0.05) is 36.6 Å². The number of aromatic nitrogens is 1. The summed E-state index contributed by atoms with van der Waals surface area (Å²) in [5.74, 6) is 1.91. The fourth-order valence-corrected chi connectivity index (χ4v) is 4.85. The maximum atomic E-state index is 12.3. The van der Waals surface area contributed by atoms with Crippen molar-refractivity contribution in [1.82, 2.24) is 10.5 Å². The molecule has 4 rings (SSSR count). The van der Waals surface area contributed by atoms with E-state index in [2.05, 4.69) is 21.4 Å². The number of nitrogens with zero attached hydrogens (tertiary/aromatic N) is 3. The lowest BCUT2D eigenvalue weighted by Crippen LogP contribution is -2.45. The van der Waals surface area contributed by atoms with E-state index in [-0.39, 0.29) is 11.9 Å². The highest BCUT2D eigenvalue weighted by atomic mass is 32.2. The molecule has 0 unspecified atom stereocenters. The number of benzene rings is 1. The van der Waals surface area contributed by atoms with Crippen LogP contribution in [0.2, 0.25) is 0 Å². The number of rotatable bonds is 7. The Bertz CT molecular complexity index is 1000. The summed E-state index contributed by atoms with van der Waals surface area (Å²) in [6, 6.07) is 15.9. The SMILES string of the molecule is N#Cc1ccc(N2CCC(NC(=O)CSCc3cc(-c4cccs4)on3)CC2)cc1. The molecule has 1 aliphatic rings. The third-order valence-electron chi connectivity index (χ3n) is 5.03. The number of thiophene rings is 1. The average Bonchev–Trinajstić information content (AvgIpc) is 3.46. The fraction of sp³-hybridized carbons (Fsp3) is 0.318. The van der Waals surface area contributed by atoms with Crippen LogP contribution in [0.5, 0.6) is 0 Å². The van der Waals surface area contributed by atoms with Crippen molar-refractivity contribution in [2.45, 2.75) is 24.6 Å². The predicted molar refractivity (Wildman–Crippen MR) is 121 cm³/mol. The maximum Gasteiger partial charge on any atom is 0.230 e. The first kappa shape index (κ1) is 20.5. The number of carbonyl (C=O) groups excluding carboxylic acids is 1. The van der Waals surface area contributed by atoms with Gasteiger partial charge >= 0.3 is 0 Å². The molecule has 0 radical (unpaired) electrons. The van der Waals surface area contributed by atoms with Crippen molar-refractivity contribution in [2.75, 3.05) is 23.7 Å². The summed E-state index contributed by atoms with van der Waals surface area (Å²) in [4.78, 5) is 15.7. The van der Waals surface area contributed by atoms with Crippen LogP contribution in [0.4, 0.5) is 5.69 Å². The lowest BCUT2D eigenvalue weighted by Gasteiger charge is -2.34. The lowest BCUT2D eigenvalue weighted by molar-refractivity contribution is -0.119. The van der Waals surface area contributed by atoms with Gasteiger partial charge in [-0.15, -0.1) is 23.1 Å². The highest BCUT2D eigenvalue weighted by molar-refractivity contribution is 7.99. The van der Waals surface area contributed by atoms with E-state index in [1.807, 2.05) is 47.8 Å². The van der Waals surface area contributed by atoms with E-state index >= 15 is 0 Å². The van der Waals surface area contributed by atoms with E-state index in [1.54, 1.807) is 23.1 Å². The smallest absolute Gasteiger partial charge is 0.230 e. The Morgan fingerprint density at radius 3 is 2.80 bits per heavy atom. The van der Waals surface area contributed by atoms with Crippen LogP contribution in [0.25, 0.3) is 10.6 Å². The van der Waals surface area contributed by atoms with Gasteiger partial charge in [0.15, 0.2) is 5.76 Å². The maximum absolute atomic E-state index is 12.3. The van der Waals surface area contributed by atoms with Crippen LogP contribution in [-0.2, 0) is 10.5 Å². The van der Waals surface area contributed by atoms with Crippen molar-refractivity contribution >= 4 is 34.7 Å². The molecule has 1 saturated heterocycles. The largest absolute Gasteiger partial charge is 0.371 e. The fourth-order valence-electron chi connectivity index (χ4n) is 3.46. The van der Waals surface area contributed by atoms with Gasteiger partial charge in [-0.05, 0) is 48.6 Å². The van der Waals surface area contributed by atoms with Crippen LogP contribution >= 0.6 is 23.1 Å². The number of carbonyl (C=O) groups is 1. The van der Waals surface area contributed by atoms with Crippen molar-refractivity contribution in [3.63, 3.8) is 0 Å². The molecule has 0 saturated carbocycles. The lowest BCUT2D eigenvalue weighted by atomic mass is 10.0. The molecule has 6 nitrogen and oxygen atoms in total. The number of amides is 1. The molecular weight excluding hydrogens is 416 g/mol. The standard InChI is InChI=1S/C22H22N4O2S2/c23-13-16-3-5-19(6-4-16)26-9-7-17(8-10-26)24-22(27)15-29-14-18-12-20(28-25-18)21-2-1-11-30-21/h1-6,11-12,17H,7-10,14-15H2,(H,24,27). The molecule has 0 spiro atoms. The molecule has 0 aliphatic carbocycles. The summed E-state index contributed by atoms with van der Waals surface area (Å²) >= 11 is 3.16. The molecule has 154 valence electrons. The van der Waals surface area contributed by atoms with Gasteiger partial charge in [0.2, 0.25) is 5.91 Å². The minimum atomic E-state index is 0.0683. The quantitative estimate of drug-likeness (QED) is 0.592. The van der Waals surface area contributed by atoms with Gasteiger partial charge in [-0.3, -0.25) is 4.79 Å². The first-order chi connectivity index (χ1) is 14.7. The van der Waals surface area contributed by atoms with Crippen molar-refractivity contribution in [2.24, 2.45) is 0 Å². The second-order valence-corrected chi connectivity index (χ2v) is 9.07. The minimum absolute atomic E-state index is 0.0683. The Labute approximate surface area is 183 Å². The Hall–Kier alpha value is -2.76. The van der Waals surface area contributed by atoms with Crippen LogP contribution in [0, 0.1) is 11.3 Å². The molecule has 0 atom stereocenters. The van der Waals surface area contributed by atoms with E-state index in [0.717, 1.165) is 47.9 Å². The number of nitrogens with one attached hydrogen (secondary N) is 1. The summed E-state index contributed by atoms with van der Waals surface area (Å²) in [6.07, 6.45) is 1.84. The average molecular weight is 439 g/mol. The molecule has 3 heterocycles.